The first kappa shape index (κ1) is 21.1. The molecule has 1 amide bonds. The van der Waals surface area contributed by atoms with Gasteiger partial charge >= 0.3 is 6.18 Å². The number of alkyl halides is 3. The minimum absolute atomic E-state index is 0.123. The standard InChI is InChI=1S/C23H19F3N2O2/c1-16-4-2-5-18(12-16)15-30-21-10-8-17(9-11-21)14-27-28-22(29)19-6-3-7-20(13-19)23(24,25)26/h2-14H,15H2,1H3,(H,28,29)/b27-14-. The fraction of sp³-hybridized carbons (Fsp3) is 0.130. The van der Waals surface area contributed by atoms with E-state index in [9.17, 15) is 18.0 Å². The van der Waals surface area contributed by atoms with E-state index < -0.39 is 17.6 Å². The number of carbonyl (C=O) groups is 1. The Morgan fingerprint density at radius 2 is 1.77 bits per heavy atom. The van der Waals surface area contributed by atoms with Gasteiger partial charge in [0.1, 0.15) is 12.4 Å². The summed E-state index contributed by atoms with van der Waals surface area (Å²) in [5, 5.41) is 3.80. The number of amides is 1. The zero-order valence-electron chi connectivity index (χ0n) is 16.1. The van der Waals surface area contributed by atoms with Crippen LogP contribution in [0.4, 0.5) is 13.2 Å². The van der Waals surface area contributed by atoms with Gasteiger partial charge in [0.25, 0.3) is 5.91 Å². The molecule has 3 aromatic rings. The smallest absolute Gasteiger partial charge is 0.416 e. The van der Waals surface area contributed by atoms with Crippen LogP contribution in [0.2, 0.25) is 0 Å². The van der Waals surface area contributed by atoms with E-state index >= 15 is 0 Å². The van der Waals surface area contributed by atoms with E-state index in [-0.39, 0.29) is 5.56 Å². The molecular formula is C23H19F3N2O2. The van der Waals surface area contributed by atoms with Gasteiger partial charge in [-0.3, -0.25) is 4.79 Å². The third-order valence-electron chi connectivity index (χ3n) is 4.20. The Hall–Kier alpha value is -3.61. The Bertz CT molecular complexity index is 1040. The second kappa shape index (κ2) is 9.26. The summed E-state index contributed by atoms with van der Waals surface area (Å²) in [4.78, 5) is 12.0. The van der Waals surface area contributed by atoms with Crippen LogP contribution in [0.25, 0.3) is 0 Å². The molecule has 0 atom stereocenters. The lowest BCUT2D eigenvalue weighted by atomic mass is 10.1. The van der Waals surface area contributed by atoms with Gasteiger partial charge in [0.2, 0.25) is 0 Å². The van der Waals surface area contributed by atoms with Gasteiger partial charge in [0, 0.05) is 5.56 Å². The summed E-state index contributed by atoms with van der Waals surface area (Å²) in [6.45, 7) is 2.46. The highest BCUT2D eigenvalue weighted by Gasteiger charge is 2.30. The molecule has 0 aliphatic heterocycles. The fourth-order valence-electron chi connectivity index (χ4n) is 2.69. The molecule has 0 aliphatic carbocycles. The molecule has 0 radical (unpaired) electrons. The molecular weight excluding hydrogens is 393 g/mol. The second-order valence-corrected chi connectivity index (χ2v) is 6.62. The average molecular weight is 412 g/mol. The summed E-state index contributed by atoms with van der Waals surface area (Å²) in [5.74, 6) is -0.0443. The number of nitrogens with zero attached hydrogens (tertiary/aromatic N) is 1. The molecule has 30 heavy (non-hydrogen) atoms. The van der Waals surface area contributed by atoms with Crippen LogP contribution < -0.4 is 10.2 Å². The van der Waals surface area contributed by atoms with Crippen molar-refractivity contribution in [3.8, 4) is 5.75 Å². The third kappa shape index (κ3) is 5.94. The molecule has 1 N–H and O–H groups in total. The van der Waals surface area contributed by atoms with Crippen LogP contribution in [0.15, 0.2) is 77.9 Å². The van der Waals surface area contributed by atoms with Gasteiger partial charge in [-0.15, -0.1) is 0 Å². The maximum atomic E-state index is 12.7. The average Bonchev–Trinajstić information content (AvgIpc) is 2.73. The van der Waals surface area contributed by atoms with Crippen LogP contribution in [0.3, 0.4) is 0 Å². The highest BCUT2D eigenvalue weighted by Crippen LogP contribution is 2.29. The van der Waals surface area contributed by atoms with E-state index in [2.05, 4.69) is 10.5 Å². The van der Waals surface area contributed by atoms with Crippen molar-refractivity contribution in [1.29, 1.82) is 0 Å². The maximum absolute atomic E-state index is 12.7. The second-order valence-electron chi connectivity index (χ2n) is 6.62. The summed E-state index contributed by atoms with van der Waals surface area (Å²) >= 11 is 0. The molecule has 0 aliphatic rings. The number of ether oxygens (including phenoxy) is 1. The van der Waals surface area contributed by atoms with Crippen molar-refractivity contribution in [2.45, 2.75) is 19.7 Å². The quantitative estimate of drug-likeness (QED) is 0.438. The molecule has 0 bridgehead atoms. The van der Waals surface area contributed by atoms with Gasteiger partial charge in [-0.2, -0.15) is 18.3 Å². The lowest BCUT2D eigenvalue weighted by molar-refractivity contribution is -0.137. The minimum Gasteiger partial charge on any atom is -0.489 e. The number of hydrogen-bond acceptors (Lipinski definition) is 3. The third-order valence-corrected chi connectivity index (χ3v) is 4.20. The van der Waals surface area contributed by atoms with Crippen molar-refractivity contribution in [2.24, 2.45) is 5.10 Å². The molecule has 0 spiro atoms. The van der Waals surface area contributed by atoms with Crippen LogP contribution >= 0.6 is 0 Å². The lowest BCUT2D eigenvalue weighted by Gasteiger charge is -2.08. The molecule has 3 rings (SSSR count). The van der Waals surface area contributed by atoms with Gasteiger partial charge in [-0.1, -0.05) is 35.9 Å². The number of rotatable bonds is 6. The van der Waals surface area contributed by atoms with Crippen LogP contribution in [0, 0.1) is 6.92 Å². The van der Waals surface area contributed by atoms with Gasteiger partial charge in [-0.25, -0.2) is 5.43 Å². The summed E-state index contributed by atoms with van der Waals surface area (Å²) < 4.78 is 43.9. The Kier molecular flexibility index (Phi) is 6.51. The Morgan fingerprint density at radius 1 is 1.03 bits per heavy atom. The number of hydrazone groups is 1. The Balaban J connectivity index is 1.54. The number of halogens is 3. The SMILES string of the molecule is Cc1cccc(COc2ccc(/C=N\NC(=O)c3cccc(C(F)(F)F)c3)cc2)c1. The molecule has 0 saturated carbocycles. The van der Waals surface area contributed by atoms with E-state index in [4.69, 9.17) is 4.74 Å². The number of nitrogens with one attached hydrogen (secondary N) is 1. The molecule has 4 nitrogen and oxygen atoms in total. The monoisotopic (exact) mass is 412 g/mol. The van der Waals surface area contributed by atoms with Crippen LogP contribution in [-0.4, -0.2) is 12.1 Å². The van der Waals surface area contributed by atoms with E-state index in [1.54, 1.807) is 24.3 Å². The minimum atomic E-state index is -4.51. The van der Waals surface area contributed by atoms with Crippen molar-refractivity contribution in [1.82, 2.24) is 5.43 Å². The van der Waals surface area contributed by atoms with Crippen molar-refractivity contribution >= 4 is 12.1 Å². The van der Waals surface area contributed by atoms with E-state index in [0.717, 1.165) is 23.3 Å². The highest BCUT2D eigenvalue weighted by molar-refractivity contribution is 5.95. The van der Waals surface area contributed by atoms with E-state index in [1.807, 2.05) is 31.2 Å². The van der Waals surface area contributed by atoms with E-state index in [0.29, 0.717) is 17.9 Å². The molecule has 0 heterocycles. The normalized spacial score (nSPS) is 11.5. The van der Waals surface area contributed by atoms with Crippen LogP contribution in [0.5, 0.6) is 5.75 Å². The first-order valence-corrected chi connectivity index (χ1v) is 9.10. The molecule has 7 heteroatoms. The predicted octanol–water partition coefficient (Wildman–Crippen LogP) is 5.36. The van der Waals surface area contributed by atoms with Gasteiger partial charge in [-0.05, 0) is 60.5 Å². The Morgan fingerprint density at radius 3 is 2.47 bits per heavy atom. The summed E-state index contributed by atoms with van der Waals surface area (Å²) in [6, 6.07) is 19.2. The lowest BCUT2D eigenvalue weighted by Crippen LogP contribution is -2.18. The van der Waals surface area contributed by atoms with Gasteiger partial charge in [0.05, 0.1) is 11.8 Å². The summed E-state index contributed by atoms with van der Waals surface area (Å²) in [6.07, 6.45) is -3.11. The zero-order valence-corrected chi connectivity index (χ0v) is 16.1. The Labute approximate surface area is 172 Å². The zero-order chi connectivity index (χ0) is 21.6. The first-order valence-electron chi connectivity index (χ1n) is 9.10. The molecule has 154 valence electrons. The van der Waals surface area contributed by atoms with Crippen molar-refractivity contribution in [2.75, 3.05) is 0 Å². The number of hydrogen-bond donors (Lipinski definition) is 1. The van der Waals surface area contributed by atoms with E-state index in [1.165, 1.54) is 18.3 Å². The van der Waals surface area contributed by atoms with Gasteiger partial charge in [0.15, 0.2) is 0 Å². The maximum Gasteiger partial charge on any atom is 0.416 e. The molecule has 0 unspecified atom stereocenters. The van der Waals surface area contributed by atoms with Crippen LogP contribution in [0.1, 0.15) is 32.6 Å². The van der Waals surface area contributed by atoms with Crippen molar-refractivity contribution in [3.05, 3.63) is 101 Å². The topological polar surface area (TPSA) is 50.7 Å². The number of carbonyl (C=O) groups excluding carboxylic acids is 1. The largest absolute Gasteiger partial charge is 0.489 e. The molecule has 0 saturated heterocycles. The predicted molar refractivity (Wildman–Crippen MR) is 108 cm³/mol. The first-order chi connectivity index (χ1) is 14.3. The van der Waals surface area contributed by atoms with Crippen molar-refractivity contribution < 1.29 is 22.7 Å². The number of aryl methyl sites for hydroxylation is 1. The molecule has 3 aromatic carbocycles. The summed E-state index contributed by atoms with van der Waals surface area (Å²) in [7, 11) is 0. The van der Waals surface area contributed by atoms with Gasteiger partial charge < -0.3 is 4.74 Å². The highest BCUT2D eigenvalue weighted by atomic mass is 19.4. The molecule has 0 fully saturated rings. The van der Waals surface area contributed by atoms with Crippen LogP contribution in [-0.2, 0) is 12.8 Å². The summed E-state index contributed by atoms with van der Waals surface area (Å²) in [5.41, 5.74) is 4.14. The molecule has 0 aromatic heterocycles. The fourth-order valence-corrected chi connectivity index (χ4v) is 2.69. The van der Waals surface area contributed by atoms with Crippen molar-refractivity contribution in [3.63, 3.8) is 0 Å². The number of benzene rings is 3.